The van der Waals surface area contributed by atoms with Crippen molar-refractivity contribution in [3.8, 4) is 5.75 Å². The molecule has 0 saturated carbocycles. The molecule has 92 heavy (non-hydrogen) atoms. The number of methoxy groups -OCH3 is 2. The summed E-state index contributed by atoms with van der Waals surface area (Å²) in [7, 11) is 5.92. The van der Waals surface area contributed by atoms with E-state index in [9.17, 15) is 43.5 Å². The van der Waals surface area contributed by atoms with Crippen molar-refractivity contribution in [1.82, 2.24) is 20.9 Å². The number of amides is 5. The summed E-state index contributed by atoms with van der Waals surface area (Å²) < 4.78 is 46.8. The number of thiocarbonyl (C=S) groups is 1. The van der Waals surface area contributed by atoms with Crippen molar-refractivity contribution in [2.24, 2.45) is 23.5 Å². The Morgan fingerprint density at radius 3 is 2.35 bits per heavy atom. The van der Waals surface area contributed by atoms with Gasteiger partial charge in [-0.2, -0.15) is 0 Å². The van der Waals surface area contributed by atoms with Gasteiger partial charge < -0.3 is 79.4 Å². The average molecular weight is 1330 g/mol. The fourth-order valence-electron chi connectivity index (χ4n) is 11.7. The van der Waals surface area contributed by atoms with Crippen LogP contribution in [0.2, 0.25) is 5.02 Å². The third-order valence-electron chi connectivity index (χ3n) is 17.5. The Labute approximate surface area is 550 Å². The van der Waals surface area contributed by atoms with E-state index >= 15 is 0 Å². The number of allylic oxidation sites excluding steroid dienone is 3. The van der Waals surface area contributed by atoms with E-state index in [1.807, 2.05) is 31.7 Å². The molecule has 3 fully saturated rings. The molecule has 0 unspecified atom stereocenters. The minimum absolute atomic E-state index is 0.0149. The van der Waals surface area contributed by atoms with Crippen molar-refractivity contribution in [3.05, 3.63) is 75.8 Å². The summed E-state index contributed by atoms with van der Waals surface area (Å²) in [5, 5.41) is 21.0. The number of fused-ring (bicyclic) bond motifs is 5. The van der Waals surface area contributed by atoms with Gasteiger partial charge in [0.1, 0.15) is 52.1 Å². The Bertz CT molecular complexity index is 3030. The highest BCUT2D eigenvalue weighted by Gasteiger charge is 2.64. The first-order valence-electron chi connectivity index (χ1n) is 31.4. The number of carbonyl (C=O) groups is 8. The Balaban J connectivity index is 1.22. The predicted octanol–water partition coefficient (Wildman–Crippen LogP) is 5.55. The lowest BCUT2D eigenvalue weighted by Gasteiger charge is -2.41. The number of likely N-dealkylation sites (N-methyl/N-ethyl adjacent to an activating group) is 1. The number of Topliss-reactive ketones (excluding diaryl/α,β-unsaturated/α-hetero) is 2. The van der Waals surface area contributed by atoms with Crippen LogP contribution in [0.1, 0.15) is 115 Å². The van der Waals surface area contributed by atoms with E-state index in [-0.39, 0.29) is 72.6 Å². The third kappa shape index (κ3) is 20.5. The number of hydrogen-bond donors (Lipinski definition) is 5. The molecule has 0 aromatic heterocycles. The average Bonchev–Trinajstić information content (AvgIpc) is 1.57. The number of primary amides is 1. The maximum atomic E-state index is 14.7. The smallest absolute Gasteiger partial charge is 0.328 e. The zero-order chi connectivity index (χ0) is 67.6. The number of urea groups is 1. The van der Waals surface area contributed by atoms with Crippen molar-refractivity contribution in [1.29, 1.82) is 0 Å². The molecule has 5 amide bonds. The third-order valence-corrected chi connectivity index (χ3v) is 18.2. The van der Waals surface area contributed by atoms with Crippen LogP contribution in [-0.2, 0) is 74.8 Å². The molecule has 24 nitrogen and oxygen atoms in total. The molecule has 508 valence electrons. The molecule has 4 aliphatic heterocycles. The number of epoxide rings is 1. The fraction of sp³-hybridized carbons (Fsp3) is 0.621. The van der Waals surface area contributed by atoms with Crippen LogP contribution in [0.5, 0.6) is 5.75 Å². The maximum absolute atomic E-state index is 14.7. The molecular formula is C66H94ClN7O17S. The lowest BCUT2D eigenvalue weighted by molar-refractivity contribution is -0.187. The van der Waals surface area contributed by atoms with Crippen molar-refractivity contribution < 1.29 is 81.4 Å². The molecular weight excluding hydrogens is 1230 g/mol. The van der Waals surface area contributed by atoms with Gasteiger partial charge in [-0.25, -0.2) is 9.59 Å². The number of ether oxygens (including phenoxy) is 8. The molecule has 4 heterocycles. The number of carbonyl (C=O) groups excluding carboxylic acids is 8. The van der Waals surface area contributed by atoms with Gasteiger partial charge in [0.2, 0.25) is 11.8 Å². The second-order valence-corrected chi connectivity index (χ2v) is 25.7. The summed E-state index contributed by atoms with van der Waals surface area (Å²) in [6.45, 7) is 15.6. The molecule has 10 atom stereocenters. The van der Waals surface area contributed by atoms with Gasteiger partial charge in [0, 0.05) is 96.2 Å². The van der Waals surface area contributed by atoms with Crippen molar-refractivity contribution >= 4 is 87.4 Å². The van der Waals surface area contributed by atoms with Crippen molar-refractivity contribution in [2.75, 3.05) is 104 Å². The van der Waals surface area contributed by atoms with Gasteiger partial charge in [-0.1, -0.05) is 74.5 Å². The van der Waals surface area contributed by atoms with E-state index in [1.165, 1.54) is 44.9 Å². The summed E-state index contributed by atoms with van der Waals surface area (Å²) in [6.07, 6.45) is 1.99. The Morgan fingerprint density at radius 1 is 0.978 bits per heavy atom. The van der Waals surface area contributed by atoms with Gasteiger partial charge >= 0.3 is 18.0 Å². The standard InChI is InChI=1S/C66H94ClN7O17S/c1-39(2)47(35-56(92)69-21-25-87-29-28-86-24-19-41(4)75)61(79)71-48(15-13-20-70-64(68)82)51(76)34-45-17-18-46(33-49(45)74-22-26-88-27-23-74)62(80)72(8)43(6)63(81)90-55-36-57(77)73(9)50-31-44(32-52(84-10)59(50)67)30-40(3)14-12-16-54(85-11)66(83)37-53(89-58(78)38-66)42(5)60-65(55,7)91-60/h12,14,16-18,31-33,39,42-43,47-48,53-55,60,83H,13,15,19-30,34-38H2,1-11H3,(H,69,92)(H,71,79)(H3,68,70,82)/b16-12+,40-14+/t42-,43+,47+,48+,53+,54-,55+,60+,65+,66-/m1/s1. The summed E-state index contributed by atoms with van der Waals surface area (Å²) in [5.41, 5.74) is 5.65. The molecule has 6 rings (SSSR count). The monoisotopic (exact) mass is 1320 g/mol. The topological polar surface area (TPSA) is 306 Å². The van der Waals surface area contributed by atoms with Crippen molar-refractivity contribution in [3.63, 3.8) is 0 Å². The number of nitrogens with zero attached hydrogens (tertiary/aromatic N) is 3. The van der Waals surface area contributed by atoms with Crippen LogP contribution in [-0.4, -0.2) is 204 Å². The van der Waals surface area contributed by atoms with Crippen LogP contribution in [0.25, 0.3) is 0 Å². The summed E-state index contributed by atoms with van der Waals surface area (Å²) in [4.78, 5) is 114. The minimum Gasteiger partial charge on any atom is -0.495 e. The van der Waals surface area contributed by atoms with Gasteiger partial charge in [-0.3, -0.25) is 28.8 Å². The predicted molar refractivity (Wildman–Crippen MR) is 349 cm³/mol. The van der Waals surface area contributed by atoms with Crippen LogP contribution in [0.3, 0.4) is 0 Å². The minimum atomic E-state index is -1.66. The first kappa shape index (κ1) is 74.5. The summed E-state index contributed by atoms with van der Waals surface area (Å²) in [5.74, 6) is -4.30. The van der Waals surface area contributed by atoms with E-state index < -0.39 is 95.7 Å². The van der Waals surface area contributed by atoms with Crippen LogP contribution in [0.4, 0.5) is 16.2 Å². The Kier molecular flexibility index (Phi) is 28.0. The molecule has 0 aliphatic carbocycles. The molecule has 6 N–H and O–H groups in total. The van der Waals surface area contributed by atoms with Crippen LogP contribution < -0.4 is 36.2 Å². The number of nitrogens with two attached hydrogens (primary N) is 1. The van der Waals surface area contributed by atoms with E-state index in [1.54, 1.807) is 63.4 Å². The number of ketones is 2. The van der Waals surface area contributed by atoms with Crippen LogP contribution in [0, 0.1) is 17.8 Å². The molecule has 26 heteroatoms. The van der Waals surface area contributed by atoms with Crippen LogP contribution in [0.15, 0.2) is 54.1 Å². The van der Waals surface area contributed by atoms with Gasteiger partial charge in [0.05, 0.1) is 82.4 Å². The maximum Gasteiger partial charge on any atom is 0.328 e. The van der Waals surface area contributed by atoms with Gasteiger partial charge in [0.25, 0.3) is 5.91 Å². The molecule has 0 radical (unpaired) electrons. The molecule has 0 spiro atoms. The van der Waals surface area contributed by atoms with Gasteiger partial charge in [0.15, 0.2) is 5.78 Å². The fourth-order valence-corrected chi connectivity index (χ4v) is 12.3. The quantitative estimate of drug-likeness (QED) is 0.0302. The number of esters is 2. The highest BCUT2D eigenvalue weighted by atomic mass is 35.5. The summed E-state index contributed by atoms with van der Waals surface area (Å²) >= 11 is 12.6. The number of anilines is 2. The first-order valence-corrected chi connectivity index (χ1v) is 32.2. The number of benzene rings is 2. The molecule has 2 aromatic carbocycles. The number of halogens is 1. The van der Waals surface area contributed by atoms with E-state index in [0.717, 1.165) is 11.1 Å². The number of morpholine rings is 1. The molecule has 2 aromatic rings. The second-order valence-electron chi connectivity index (χ2n) is 24.8. The van der Waals surface area contributed by atoms with Crippen LogP contribution >= 0.6 is 23.8 Å². The highest BCUT2D eigenvalue weighted by Crippen LogP contribution is 2.50. The van der Waals surface area contributed by atoms with E-state index in [2.05, 4.69) is 16.0 Å². The molecule has 3 saturated heterocycles. The highest BCUT2D eigenvalue weighted by molar-refractivity contribution is 7.80. The zero-order valence-corrected chi connectivity index (χ0v) is 56.5. The van der Waals surface area contributed by atoms with E-state index in [4.69, 9.17) is 67.4 Å². The number of nitrogens with one attached hydrogen (secondary N) is 3. The number of aliphatic hydroxyl groups is 1. The Morgan fingerprint density at radius 2 is 1.68 bits per heavy atom. The zero-order valence-electron chi connectivity index (χ0n) is 54.9. The normalized spacial score (nSPS) is 24.5. The lowest BCUT2D eigenvalue weighted by atomic mass is 9.78. The van der Waals surface area contributed by atoms with Crippen molar-refractivity contribution in [2.45, 2.75) is 154 Å². The van der Waals surface area contributed by atoms with Gasteiger partial charge in [-0.15, -0.1) is 0 Å². The Hall–Kier alpha value is -6.58. The first-order chi connectivity index (χ1) is 43.6. The summed E-state index contributed by atoms with van der Waals surface area (Å²) in [6, 6.07) is 5.48. The van der Waals surface area contributed by atoms with Gasteiger partial charge in [-0.05, 0) is 88.3 Å². The molecule has 4 bridgehead atoms. The van der Waals surface area contributed by atoms with E-state index in [0.29, 0.717) is 106 Å². The SMILES string of the molecule is COc1cc2cc(c1Cl)N(C)C(=O)C[C@H](OC(=O)[C@H](C)N(C)C(=O)c1ccc(CC(=O)[C@H](CCCNC(N)=O)NC(=O)[C@@H](CC(=S)NCCOCCOCCC(C)=O)C(C)C)c(N3CCOCC3)c1)[C@]1(C)O[C@H]1[C@H](C)[C@@H]1C[C@@](O)(CC(=O)O1)[C@H](OC)/C=C/C=C(\C)C2. The largest absolute Gasteiger partial charge is 0.495 e. The number of rotatable bonds is 28. The lowest BCUT2D eigenvalue weighted by Crippen LogP contribution is -2.53. The second kappa shape index (κ2) is 34.5. The molecule has 4 aliphatic rings. The number of hydrogen-bond acceptors (Lipinski definition) is 19.